The molecular weight excluding hydrogens is 671 g/mol. The van der Waals surface area contributed by atoms with Gasteiger partial charge >= 0.3 is 265 Å². The molecular formula is C36H39IO5S. The Bertz CT molecular complexity index is 1830. The van der Waals surface area contributed by atoms with E-state index in [4.69, 9.17) is 12.0 Å². The van der Waals surface area contributed by atoms with Crippen LogP contribution in [0.5, 0.6) is 11.5 Å². The standard InChI is InChI=1S/C36H39IO5S/c1-35(2,3)24-13-17-26(18-14-24)37(27-19-15-25(16-20-27)36(4,5)6)42-43(38,39)28-21-22-31-32(23-28)34(41-8)30-12-10-9-11-29(30)33(31)40-7/h9-23H,1-8H3. The summed E-state index contributed by atoms with van der Waals surface area (Å²) in [6.07, 6.45) is 0. The van der Waals surface area contributed by atoms with Gasteiger partial charge < -0.3 is 0 Å². The van der Waals surface area contributed by atoms with E-state index < -0.39 is 30.4 Å². The van der Waals surface area contributed by atoms with Crippen molar-refractivity contribution in [1.29, 1.82) is 0 Å². The normalized spacial score (nSPS) is 12.9. The summed E-state index contributed by atoms with van der Waals surface area (Å²) in [7, 11) is -0.935. The number of methoxy groups -OCH3 is 2. The molecule has 0 saturated carbocycles. The van der Waals surface area contributed by atoms with Crippen molar-refractivity contribution in [2.45, 2.75) is 57.3 Å². The van der Waals surface area contributed by atoms with Gasteiger partial charge in [-0.2, -0.15) is 0 Å². The van der Waals surface area contributed by atoms with Gasteiger partial charge in [0.15, 0.2) is 0 Å². The SMILES string of the molecule is COc1c2ccccc2c(OC)c2cc(S(=O)(=O)OI(c3ccc(C(C)(C)C)cc3)c3ccc(C(C)(C)C)cc3)ccc12. The van der Waals surface area contributed by atoms with Gasteiger partial charge in [-0.3, -0.25) is 0 Å². The Morgan fingerprint density at radius 2 is 0.977 bits per heavy atom. The third-order valence-electron chi connectivity index (χ3n) is 7.56. The Kier molecular flexibility index (Phi) is 8.55. The molecule has 0 spiro atoms. The van der Waals surface area contributed by atoms with Crippen molar-refractivity contribution in [3.05, 3.63) is 109 Å². The number of halogens is 1. The van der Waals surface area contributed by atoms with Gasteiger partial charge in [0.2, 0.25) is 0 Å². The molecule has 0 unspecified atom stereocenters. The molecule has 0 fully saturated rings. The van der Waals surface area contributed by atoms with E-state index in [1.807, 2.05) is 48.5 Å². The Morgan fingerprint density at radius 1 is 0.558 bits per heavy atom. The molecule has 5 rings (SSSR count). The molecule has 0 radical (unpaired) electrons. The van der Waals surface area contributed by atoms with Crippen molar-refractivity contribution in [2.24, 2.45) is 0 Å². The van der Waals surface area contributed by atoms with Crippen LogP contribution in [0.1, 0.15) is 52.7 Å². The number of benzene rings is 5. The van der Waals surface area contributed by atoms with Crippen LogP contribution in [-0.4, -0.2) is 22.6 Å². The summed E-state index contributed by atoms with van der Waals surface area (Å²) in [5.74, 6) is 1.26. The van der Waals surface area contributed by atoms with Crippen LogP contribution in [0.3, 0.4) is 0 Å². The van der Waals surface area contributed by atoms with Gasteiger partial charge in [0.1, 0.15) is 0 Å². The van der Waals surface area contributed by atoms with Crippen LogP contribution >= 0.6 is 20.2 Å². The quantitative estimate of drug-likeness (QED) is 0.124. The fourth-order valence-corrected chi connectivity index (χ4v) is 12.0. The molecule has 0 atom stereocenters. The zero-order valence-corrected chi connectivity index (χ0v) is 29.0. The molecule has 43 heavy (non-hydrogen) atoms. The molecule has 0 amide bonds. The van der Waals surface area contributed by atoms with Crippen LogP contribution in [0.15, 0.2) is 95.9 Å². The summed E-state index contributed by atoms with van der Waals surface area (Å²) in [6, 6.07) is 29.2. The van der Waals surface area contributed by atoms with Crippen LogP contribution in [0.4, 0.5) is 0 Å². The molecule has 0 bridgehead atoms. The maximum atomic E-state index is 14.0. The first-order valence-corrected chi connectivity index (χ1v) is 18.6. The first kappa shape index (κ1) is 31.3. The van der Waals surface area contributed by atoms with Crippen LogP contribution in [0.2, 0.25) is 0 Å². The second-order valence-electron chi connectivity index (χ2n) is 12.6. The first-order chi connectivity index (χ1) is 20.2. The van der Waals surface area contributed by atoms with Gasteiger partial charge in [-0.05, 0) is 0 Å². The maximum absolute atomic E-state index is 14.0. The van der Waals surface area contributed by atoms with E-state index in [2.05, 4.69) is 65.8 Å². The Labute approximate surface area is 263 Å². The molecule has 5 nitrogen and oxygen atoms in total. The summed E-state index contributed by atoms with van der Waals surface area (Å²) >= 11 is -2.91. The monoisotopic (exact) mass is 710 g/mol. The van der Waals surface area contributed by atoms with Crippen LogP contribution in [0.25, 0.3) is 21.5 Å². The van der Waals surface area contributed by atoms with E-state index in [0.29, 0.717) is 16.9 Å². The van der Waals surface area contributed by atoms with Crippen molar-refractivity contribution in [1.82, 2.24) is 0 Å². The van der Waals surface area contributed by atoms with E-state index in [9.17, 15) is 8.42 Å². The summed E-state index contributed by atoms with van der Waals surface area (Å²) in [6.45, 7) is 13.0. The third-order valence-corrected chi connectivity index (χ3v) is 14.9. The fourth-order valence-electron chi connectivity index (χ4n) is 5.12. The van der Waals surface area contributed by atoms with Gasteiger partial charge in [-0.25, -0.2) is 0 Å². The number of rotatable bonds is 7. The average molecular weight is 711 g/mol. The predicted octanol–water partition coefficient (Wildman–Crippen LogP) is 9.47. The molecule has 0 aromatic heterocycles. The topological polar surface area (TPSA) is 61.8 Å². The molecule has 0 aliphatic heterocycles. The van der Waals surface area contributed by atoms with Gasteiger partial charge in [-0.1, -0.05) is 0 Å². The molecule has 0 saturated heterocycles. The van der Waals surface area contributed by atoms with E-state index in [1.165, 1.54) is 11.1 Å². The number of hydrogen-bond donors (Lipinski definition) is 0. The number of fused-ring (bicyclic) bond motifs is 2. The minimum absolute atomic E-state index is 0.0196. The van der Waals surface area contributed by atoms with Crippen molar-refractivity contribution >= 4 is 51.9 Å². The molecule has 0 N–H and O–H groups in total. The predicted molar refractivity (Wildman–Crippen MR) is 185 cm³/mol. The number of hydrogen-bond acceptors (Lipinski definition) is 5. The van der Waals surface area contributed by atoms with Crippen molar-refractivity contribution in [3.63, 3.8) is 0 Å². The van der Waals surface area contributed by atoms with Gasteiger partial charge in [0, 0.05) is 0 Å². The van der Waals surface area contributed by atoms with Crippen molar-refractivity contribution in [3.8, 4) is 11.5 Å². The van der Waals surface area contributed by atoms with Crippen molar-refractivity contribution < 1.29 is 20.4 Å². The molecule has 0 heterocycles. The summed E-state index contributed by atoms with van der Waals surface area (Å²) in [5, 5.41) is 3.15. The molecule has 5 aromatic rings. The van der Waals surface area contributed by atoms with Gasteiger partial charge in [-0.15, -0.1) is 0 Å². The van der Waals surface area contributed by atoms with Crippen LogP contribution in [0, 0.1) is 7.14 Å². The molecule has 0 aliphatic rings. The van der Waals surface area contributed by atoms with E-state index in [1.54, 1.807) is 32.4 Å². The van der Waals surface area contributed by atoms with E-state index in [0.717, 1.165) is 23.3 Å². The zero-order valence-electron chi connectivity index (χ0n) is 26.0. The molecule has 226 valence electrons. The molecule has 7 heteroatoms. The average Bonchev–Trinajstić information content (AvgIpc) is 2.97. The summed E-state index contributed by atoms with van der Waals surface area (Å²) < 4.78 is 47.8. The Balaban J connectivity index is 1.62. The molecule has 5 aromatic carbocycles. The van der Waals surface area contributed by atoms with E-state index >= 15 is 0 Å². The first-order valence-electron chi connectivity index (χ1n) is 14.2. The molecule has 0 aliphatic carbocycles. The minimum atomic E-state index is -4.15. The Hall–Kier alpha value is -3.14. The van der Waals surface area contributed by atoms with E-state index in [-0.39, 0.29) is 15.7 Å². The summed E-state index contributed by atoms with van der Waals surface area (Å²) in [5.41, 5.74) is 2.32. The van der Waals surface area contributed by atoms with Gasteiger partial charge in [0.25, 0.3) is 0 Å². The van der Waals surface area contributed by atoms with Crippen LogP contribution < -0.4 is 9.47 Å². The summed E-state index contributed by atoms with van der Waals surface area (Å²) in [4.78, 5) is 0.0792. The van der Waals surface area contributed by atoms with Gasteiger partial charge in [0.05, 0.1) is 0 Å². The van der Waals surface area contributed by atoms with Crippen LogP contribution in [-0.2, 0) is 23.5 Å². The second-order valence-corrected chi connectivity index (χ2v) is 19.1. The second kappa shape index (κ2) is 11.7. The third kappa shape index (κ3) is 6.26. The Morgan fingerprint density at radius 3 is 1.40 bits per heavy atom. The van der Waals surface area contributed by atoms with Crippen molar-refractivity contribution in [2.75, 3.05) is 14.2 Å². The fraction of sp³-hybridized carbons (Fsp3) is 0.278. The zero-order chi connectivity index (χ0) is 31.2. The number of ether oxygens (including phenoxy) is 2.